The predicted octanol–water partition coefficient (Wildman–Crippen LogP) is 3.09. The van der Waals surface area contributed by atoms with Gasteiger partial charge in [-0.05, 0) is 38.1 Å². The van der Waals surface area contributed by atoms with E-state index in [4.69, 9.17) is 0 Å². The van der Waals surface area contributed by atoms with Gasteiger partial charge in [0.05, 0.1) is 17.1 Å². The summed E-state index contributed by atoms with van der Waals surface area (Å²) in [5.41, 5.74) is 3.77. The van der Waals surface area contributed by atoms with Gasteiger partial charge < -0.3 is 10.3 Å². The smallest absolute Gasteiger partial charge is 0.324 e. The summed E-state index contributed by atoms with van der Waals surface area (Å²) >= 11 is 1.29. The molecule has 8 nitrogen and oxygen atoms in total. The lowest BCUT2D eigenvalue weighted by atomic mass is 10.2. The molecule has 0 fully saturated rings. The number of imidazole rings is 1. The Bertz CT molecular complexity index is 1240. The third-order valence-corrected chi connectivity index (χ3v) is 5.48. The van der Waals surface area contributed by atoms with E-state index >= 15 is 0 Å². The molecule has 0 bridgehead atoms. The van der Waals surface area contributed by atoms with E-state index in [2.05, 4.69) is 20.5 Å². The maximum Gasteiger partial charge on any atom is 0.330 e. The fourth-order valence-electron chi connectivity index (χ4n) is 3.05. The molecule has 4 rings (SSSR count). The SMILES string of the molecule is Cc1ccc(-n2cnnc2SCC(=O)Nc2ccccc2-n2c(C)c[nH]c2=O)cc1. The molecule has 0 aliphatic heterocycles. The maximum absolute atomic E-state index is 12.6. The minimum atomic E-state index is -0.255. The van der Waals surface area contributed by atoms with Crippen LogP contribution >= 0.6 is 11.8 Å². The number of rotatable bonds is 6. The Morgan fingerprint density at radius 2 is 1.90 bits per heavy atom. The largest absolute Gasteiger partial charge is 0.330 e. The highest BCUT2D eigenvalue weighted by molar-refractivity contribution is 7.99. The second kappa shape index (κ2) is 8.42. The van der Waals surface area contributed by atoms with Crippen LogP contribution in [0.4, 0.5) is 5.69 Å². The number of anilines is 1. The molecule has 2 N–H and O–H groups in total. The van der Waals surface area contributed by atoms with Crippen LogP contribution < -0.4 is 11.0 Å². The summed E-state index contributed by atoms with van der Waals surface area (Å²) in [4.78, 5) is 27.4. The Morgan fingerprint density at radius 1 is 1.13 bits per heavy atom. The molecule has 152 valence electrons. The topological polar surface area (TPSA) is 97.6 Å². The van der Waals surface area contributed by atoms with Crippen LogP contribution in [0.5, 0.6) is 0 Å². The molecular weight excluding hydrogens is 400 g/mol. The number of para-hydroxylation sites is 2. The zero-order valence-electron chi connectivity index (χ0n) is 16.5. The maximum atomic E-state index is 12.6. The molecule has 0 radical (unpaired) electrons. The zero-order chi connectivity index (χ0) is 21.1. The van der Waals surface area contributed by atoms with E-state index in [1.165, 1.54) is 16.3 Å². The van der Waals surface area contributed by atoms with Gasteiger partial charge in [-0.15, -0.1) is 10.2 Å². The van der Waals surface area contributed by atoms with Crippen molar-refractivity contribution < 1.29 is 4.79 Å². The molecule has 0 unspecified atom stereocenters. The Morgan fingerprint density at radius 3 is 2.63 bits per heavy atom. The lowest BCUT2D eigenvalue weighted by Gasteiger charge is -2.12. The van der Waals surface area contributed by atoms with Crippen molar-refractivity contribution in [2.24, 2.45) is 0 Å². The van der Waals surface area contributed by atoms with Gasteiger partial charge in [-0.1, -0.05) is 41.6 Å². The average molecular weight is 420 g/mol. The zero-order valence-corrected chi connectivity index (χ0v) is 17.3. The number of thioether (sulfide) groups is 1. The van der Waals surface area contributed by atoms with Gasteiger partial charge in [0.25, 0.3) is 0 Å². The lowest BCUT2D eigenvalue weighted by molar-refractivity contribution is -0.113. The van der Waals surface area contributed by atoms with E-state index in [1.807, 2.05) is 54.8 Å². The summed E-state index contributed by atoms with van der Waals surface area (Å²) in [5, 5.41) is 11.6. The lowest BCUT2D eigenvalue weighted by Crippen LogP contribution is -2.20. The summed E-state index contributed by atoms with van der Waals surface area (Å²) in [5.74, 6) is -0.0490. The van der Waals surface area contributed by atoms with E-state index in [9.17, 15) is 9.59 Å². The van der Waals surface area contributed by atoms with E-state index in [-0.39, 0.29) is 17.3 Å². The molecule has 30 heavy (non-hydrogen) atoms. The highest BCUT2D eigenvalue weighted by atomic mass is 32.2. The number of benzene rings is 2. The quantitative estimate of drug-likeness (QED) is 0.467. The monoisotopic (exact) mass is 420 g/mol. The number of hydrogen-bond donors (Lipinski definition) is 2. The molecular formula is C21H20N6O2S. The fourth-order valence-corrected chi connectivity index (χ4v) is 3.78. The van der Waals surface area contributed by atoms with Gasteiger partial charge >= 0.3 is 5.69 Å². The number of aromatic nitrogens is 5. The molecule has 1 amide bonds. The van der Waals surface area contributed by atoms with Gasteiger partial charge in [-0.3, -0.25) is 13.9 Å². The molecule has 0 aliphatic rings. The van der Waals surface area contributed by atoms with Crippen molar-refractivity contribution in [3.63, 3.8) is 0 Å². The normalized spacial score (nSPS) is 10.9. The van der Waals surface area contributed by atoms with Gasteiger partial charge in [-0.25, -0.2) is 4.79 Å². The third kappa shape index (κ3) is 4.06. The van der Waals surface area contributed by atoms with Crippen LogP contribution in [0.1, 0.15) is 11.3 Å². The molecule has 9 heteroatoms. The number of hydrogen-bond acceptors (Lipinski definition) is 5. The first-order valence-electron chi connectivity index (χ1n) is 9.29. The average Bonchev–Trinajstić information content (AvgIpc) is 3.34. The number of H-pyrrole nitrogens is 1. The van der Waals surface area contributed by atoms with Crippen molar-refractivity contribution in [3.05, 3.63) is 82.8 Å². The molecule has 4 aromatic rings. The van der Waals surface area contributed by atoms with Crippen LogP contribution in [-0.2, 0) is 4.79 Å². The number of carbonyl (C=O) groups is 1. The van der Waals surface area contributed by atoms with Gasteiger partial charge in [-0.2, -0.15) is 0 Å². The van der Waals surface area contributed by atoms with Crippen molar-refractivity contribution >= 4 is 23.4 Å². The van der Waals surface area contributed by atoms with Gasteiger partial charge in [0, 0.05) is 17.6 Å². The van der Waals surface area contributed by atoms with Crippen molar-refractivity contribution in [3.8, 4) is 11.4 Å². The van der Waals surface area contributed by atoms with E-state index in [0.717, 1.165) is 16.9 Å². The Labute approximate surface area is 177 Å². The number of aromatic amines is 1. The number of carbonyl (C=O) groups excluding carboxylic acids is 1. The van der Waals surface area contributed by atoms with Crippen molar-refractivity contribution in [2.75, 3.05) is 11.1 Å². The highest BCUT2D eigenvalue weighted by Crippen LogP contribution is 2.22. The summed E-state index contributed by atoms with van der Waals surface area (Å²) < 4.78 is 3.37. The standard InChI is InChI=1S/C21H20N6O2S/c1-14-7-9-16(10-8-14)26-13-23-25-21(26)30-12-19(28)24-17-5-3-4-6-18(17)27-15(2)11-22-20(27)29/h3-11,13H,12H2,1-2H3,(H,22,29)(H,24,28). The molecule has 0 aliphatic carbocycles. The summed E-state index contributed by atoms with van der Waals surface area (Å²) in [7, 11) is 0. The highest BCUT2D eigenvalue weighted by Gasteiger charge is 2.14. The molecule has 2 aromatic carbocycles. The van der Waals surface area contributed by atoms with E-state index < -0.39 is 0 Å². The first-order chi connectivity index (χ1) is 14.5. The predicted molar refractivity (Wildman–Crippen MR) is 117 cm³/mol. The molecule has 0 saturated heterocycles. The minimum absolute atomic E-state index is 0.153. The summed E-state index contributed by atoms with van der Waals surface area (Å²) in [6.45, 7) is 3.85. The van der Waals surface area contributed by atoms with Gasteiger partial charge in [0.2, 0.25) is 5.91 Å². The first-order valence-corrected chi connectivity index (χ1v) is 10.3. The van der Waals surface area contributed by atoms with Crippen LogP contribution in [0.25, 0.3) is 11.4 Å². The molecule has 0 spiro atoms. The van der Waals surface area contributed by atoms with Crippen LogP contribution in [-0.4, -0.2) is 36.0 Å². The van der Waals surface area contributed by atoms with Gasteiger partial charge in [0.15, 0.2) is 5.16 Å². The molecule has 2 aromatic heterocycles. The number of amides is 1. The Balaban J connectivity index is 1.48. The van der Waals surface area contributed by atoms with Gasteiger partial charge in [0.1, 0.15) is 6.33 Å². The third-order valence-electron chi connectivity index (χ3n) is 4.54. The van der Waals surface area contributed by atoms with Crippen molar-refractivity contribution in [2.45, 2.75) is 19.0 Å². The fraction of sp³-hybridized carbons (Fsp3) is 0.143. The van der Waals surface area contributed by atoms with Crippen LogP contribution in [0, 0.1) is 13.8 Å². The molecule has 2 heterocycles. The minimum Gasteiger partial charge on any atom is -0.324 e. The second-order valence-corrected chi connectivity index (χ2v) is 7.69. The number of nitrogens with one attached hydrogen (secondary N) is 2. The van der Waals surface area contributed by atoms with Crippen LogP contribution in [0.3, 0.4) is 0 Å². The second-order valence-electron chi connectivity index (χ2n) is 6.74. The Hall–Kier alpha value is -3.59. The molecule has 0 atom stereocenters. The van der Waals surface area contributed by atoms with Crippen molar-refractivity contribution in [1.29, 1.82) is 0 Å². The van der Waals surface area contributed by atoms with Crippen molar-refractivity contribution in [1.82, 2.24) is 24.3 Å². The Kier molecular flexibility index (Phi) is 5.53. The van der Waals surface area contributed by atoms with Crippen LogP contribution in [0.15, 0.2) is 71.0 Å². The molecule has 0 saturated carbocycles. The van der Waals surface area contributed by atoms with Crippen LogP contribution in [0.2, 0.25) is 0 Å². The summed E-state index contributed by atoms with van der Waals surface area (Å²) in [6, 6.07) is 15.2. The van der Waals surface area contributed by atoms with E-state index in [1.54, 1.807) is 24.7 Å². The van der Waals surface area contributed by atoms with E-state index in [0.29, 0.717) is 16.5 Å². The first kappa shape index (κ1) is 19.7. The number of aryl methyl sites for hydroxylation is 2. The summed E-state index contributed by atoms with van der Waals surface area (Å²) in [6.07, 6.45) is 3.26. The number of nitrogens with zero attached hydrogens (tertiary/aromatic N) is 4.